The number of hydrogen-bond acceptors (Lipinski definition) is 2. The van der Waals surface area contributed by atoms with Crippen LogP contribution >= 0.6 is 11.6 Å². The molecule has 1 aromatic rings. The van der Waals surface area contributed by atoms with Crippen molar-refractivity contribution in [1.82, 2.24) is 10.2 Å². The van der Waals surface area contributed by atoms with Crippen molar-refractivity contribution < 1.29 is 9.59 Å². The van der Waals surface area contributed by atoms with E-state index >= 15 is 0 Å². The number of amides is 2. The van der Waals surface area contributed by atoms with Crippen LogP contribution in [0.25, 0.3) is 0 Å². The second kappa shape index (κ2) is 6.48. The zero-order valence-corrected chi connectivity index (χ0v) is 13.4. The molecule has 0 bridgehead atoms. The molecule has 5 heteroatoms. The third kappa shape index (κ3) is 3.38. The molecule has 1 fully saturated rings. The van der Waals surface area contributed by atoms with Crippen LogP contribution in [0.2, 0.25) is 5.02 Å². The van der Waals surface area contributed by atoms with Crippen LogP contribution in [0, 0.1) is 5.92 Å². The first kappa shape index (κ1) is 15.8. The highest BCUT2D eigenvalue weighted by molar-refractivity contribution is 6.30. The average molecular weight is 309 g/mol. The minimum absolute atomic E-state index is 0.00896. The Hall–Kier alpha value is -1.55. The van der Waals surface area contributed by atoms with Gasteiger partial charge in [0.05, 0.1) is 5.92 Å². The maximum absolute atomic E-state index is 12.9. The average Bonchev–Trinajstić information content (AvgIpc) is 2.43. The lowest BCUT2D eigenvalue weighted by Gasteiger charge is -2.36. The maximum atomic E-state index is 12.9. The summed E-state index contributed by atoms with van der Waals surface area (Å²) in [4.78, 5) is 26.3. The van der Waals surface area contributed by atoms with E-state index in [1.54, 1.807) is 24.0 Å². The number of carbonyl (C=O) groups excluding carboxylic acids is 2. The van der Waals surface area contributed by atoms with E-state index in [0.29, 0.717) is 18.1 Å². The SMILES string of the molecule is CC(C)C(C(=O)N1CCNC(=O)C1C)c1ccc(Cl)cc1. The molecule has 1 aliphatic heterocycles. The highest BCUT2D eigenvalue weighted by atomic mass is 35.5. The van der Waals surface area contributed by atoms with Gasteiger partial charge in [0.25, 0.3) is 0 Å². The summed E-state index contributed by atoms with van der Waals surface area (Å²) in [7, 11) is 0. The zero-order valence-electron chi connectivity index (χ0n) is 12.6. The minimum atomic E-state index is -0.417. The molecule has 1 aliphatic rings. The molecule has 0 radical (unpaired) electrons. The molecule has 0 spiro atoms. The molecular formula is C16H21ClN2O2. The van der Waals surface area contributed by atoms with Crippen molar-refractivity contribution in [2.24, 2.45) is 5.92 Å². The summed E-state index contributed by atoms with van der Waals surface area (Å²) < 4.78 is 0. The summed E-state index contributed by atoms with van der Waals surface area (Å²) in [6, 6.07) is 6.96. The molecular weight excluding hydrogens is 288 g/mol. The quantitative estimate of drug-likeness (QED) is 0.932. The van der Waals surface area contributed by atoms with Gasteiger partial charge in [0.1, 0.15) is 6.04 Å². The summed E-state index contributed by atoms with van der Waals surface area (Å²) in [5.41, 5.74) is 0.942. The first-order valence-electron chi connectivity index (χ1n) is 7.25. The molecule has 0 aliphatic carbocycles. The number of benzene rings is 1. The number of nitrogens with zero attached hydrogens (tertiary/aromatic N) is 1. The number of rotatable bonds is 3. The second-order valence-corrected chi connectivity index (χ2v) is 6.21. The van der Waals surface area contributed by atoms with Crippen LogP contribution in [0.5, 0.6) is 0 Å². The number of halogens is 1. The number of carbonyl (C=O) groups is 2. The van der Waals surface area contributed by atoms with E-state index in [2.05, 4.69) is 5.32 Å². The Morgan fingerprint density at radius 3 is 2.52 bits per heavy atom. The summed E-state index contributed by atoms with van der Waals surface area (Å²) in [5, 5.41) is 3.43. The second-order valence-electron chi connectivity index (χ2n) is 5.77. The fourth-order valence-corrected chi connectivity index (χ4v) is 2.87. The van der Waals surface area contributed by atoms with Gasteiger partial charge in [0, 0.05) is 18.1 Å². The molecule has 1 saturated heterocycles. The highest BCUT2D eigenvalue weighted by Gasteiger charge is 2.35. The van der Waals surface area contributed by atoms with Gasteiger partial charge in [-0.3, -0.25) is 9.59 Å². The molecule has 4 nitrogen and oxygen atoms in total. The van der Waals surface area contributed by atoms with Crippen molar-refractivity contribution >= 4 is 23.4 Å². The summed E-state index contributed by atoms with van der Waals surface area (Å²) in [5.74, 6) is -0.186. The van der Waals surface area contributed by atoms with Crippen LogP contribution in [-0.4, -0.2) is 35.8 Å². The molecule has 21 heavy (non-hydrogen) atoms. The molecule has 2 amide bonds. The Morgan fingerprint density at radius 1 is 1.33 bits per heavy atom. The van der Waals surface area contributed by atoms with Gasteiger partial charge in [0.15, 0.2) is 0 Å². The van der Waals surface area contributed by atoms with E-state index in [-0.39, 0.29) is 23.7 Å². The Kier molecular flexibility index (Phi) is 4.88. The highest BCUT2D eigenvalue weighted by Crippen LogP contribution is 2.29. The smallest absolute Gasteiger partial charge is 0.242 e. The van der Waals surface area contributed by atoms with Gasteiger partial charge in [-0.2, -0.15) is 0 Å². The van der Waals surface area contributed by atoms with Crippen molar-refractivity contribution in [3.05, 3.63) is 34.9 Å². The molecule has 0 saturated carbocycles. The van der Waals surface area contributed by atoms with Crippen molar-refractivity contribution in [3.63, 3.8) is 0 Å². The van der Waals surface area contributed by atoms with Crippen molar-refractivity contribution in [1.29, 1.82) is 0 Å². The number of nitrogens with one attached hydrogen (secondary N) is 1. The third-order valence-electron chi connectivity index (χ3n) is 3.94. The standard InChI is InChI=1S/C16H21ClN2O2/c1-10(2)14(12-4-6-13(17)7-5-12)16(21)19-9-8-18-15(20)11(19)3/h4-7,10-11,14H,8-9H2,1-3H3,(H,18,20). The number of hydrogen-bond donors (Lipinski definition) is 1. The normalized spacial score (nSPS) is 20.3. The van der Waals surface area contributed by atoms with E-state index in [4.69, 9.17) is 11.6 Å². The lowest BCUT2D eigenvalue weighted by Crippen LogP contribution is -2.57. The molecule has 1 heterocycles. The van der Waals surface area contributed by atoms with E-state index in [1.807, 2.05) is 26.0 Å². The van der Waals surface area contributed by atoms with Crippen LogP contribution in [0.3, 0.4) is 0 Å². The van der Waals surface area contributed by atoms with Crippen LogP contribution in [-0.2, 0) is 9.59 Å². The molecule has 0 aromatic heterocycles. The zero-order chi connectivity index (χ0) is 15.6. The van der Waals surface area contributed by atoms with Crippen LogP contribution in [0.4, 0.5) is 0 Å². The van der Waals surface area contributed by atoms with E-state index in [0.717, 1.165) is 5.56 Å². The Labute approximate surface area is 130 Å². The first-order valence-corrected chi connectivity index (χ1v) is 7.63. The molecule has 114 valence electrons. The van der Waals surface area contributed by atoms with Crippen LogP contribution in [0.15, 0.2) is 24.3 Å². The monoisotopic (exact) mass is 308 g/mol. The van der Waals surface area contributed by atoms with Gasteiger partial charge in [0.2, 0.25) is 11.8 Å². The summed E-state index contributed by atoms with van der Waals surface area (Å²) in [6.07, 6.45) is 0. The van der Waals surface area contributed by atoms with Crippen molar-refractivity contribution in [2.45, 2.75) is 32.7 Å². The first-order chi connectivity index (χ1) is 9.91. The van der Waals surface area contributed by atoms with Crippen LogP contribution < -0.4 is 5.32 Å². The van der Waals surface area contributed by atoms with E-state index < -0.39 is 6.04 Å². The van der Waals surface area contributed by atoms with Gasteiger partial charge in [-0.25, -0.2) is 0 Å². The Bertz CT molecular complexity index is 528. The predicted octanol–water partition coefficient (Wildman–Crippen LogP) is 2.43. The minimum Gasteiger partial charge on any atom is -0.353 e. The largest absolute Gasteiger partial charge is 0.353 e. The predicted molar refractivity (Wildman–Crippen MR) is 83.2 cm³/mol. The number of piperazine rings is 1. The Balaban J connectivity index is 2.27. The molecule has 2 unspecified atom stereocenters. The molecule has 1 aromatic carbocycles. The van der Waals surface area contributed by atoms with Gasteiger partial charge < -0.3 is 10.2 Å². The van der Waals surface area contributed by atoms with Crippen molar-refractivity contribution in [3.8, 4) is 0 Å². The summed E-state index contributed by atoms with van der Waals surface area (Å²) in [6.45, 7) is 6.88. The van der Waals surface area contributed by atoms with Gasteiger partial charge in [-0.05, 0) is 30.5 Å². The third-order valence-corrected chi connectivity index (χ3v) is 4.20. The van der Waals surface area contributed by atoms with E-state index in [9.17, 15) is 9.59 Å². The van der Waals surface area contributed by atoms with Crippen LogP contribution in [0.1, 0.15) is 32.3 Å². The maximum Gasteiger partial charge on any atom is 0.242 e. The fraction of sp³-hybridized carbons (Fsp3) is 0.500. The lowest BCUT2D eigenvalue weighted by atomic mass is 9.86. The fourth-order valence-electron chi connectivity index (χ4n) is 2.74. The van der Waals surface area contributed by atoms with Crippen molar-refractivity contribution in [2.75, 3.05) is 13.1 Å². The van der Waals surface area contributed by atoms with Gasteiger partial charge >= 0.3 is 0 Å². The Morgan fingerprint density at radius 2 is 1.95 bits per heavy atom. The molecule has 1 N–H and O–H groups in total. The lowest BCUT2D eigenvalue weighted by molar-refractivity contribution is -0.144. The molecule has 2 atom stereocenters. The topological polar surface area (TPSA) is 49.4 Å². The van der Waals surface area contributed by atoms with Gasteiger partial charge in [-0.1, -0.05) is 37.6 Å². The van der Waals surface area contributed by atoms with Gasteiger partial charge in [-0.15, -0.1) is 0 Å². The van der Waals surface area contributed by atoms with E-state index in [1.165, 1.54) is 0 Å². The summed E-state index contributed by atoms with van der Waals surface area (Å²) >= 11 is 5.92. The molecule has 2 rings (SSSR count).